The van der Waals surface area contributed by atoms with E-state index in [0.717, 1.165) is 23.4 Å². The van der Waals surface area contributed by atoms with Gasteiger partial charge in [0.25, 0.3) is 5.69 Å². The van der Waals surface area contributed by atoms with Gasteiger partial charge in [0.05, 0.1) is 16.3 Å². The lowest BCUT2D eigenvalue weighted by Crippen LogP contribution is -2.00. The number of rotatable bonds is 5. The second-order valence-corrected chi connectivity index (χ2v) is 4.29. The summed E-state index contributed by atoms with van der Waals surface area (Å²) in [5.41, 5.74) is 3.13. The highest BCUT2D eigenvalue weighted by molar-refractivity contribution is 5.47. The predicted octanol–water partition coefficient (Wildman–Crippen LogP) is 2.50. The van der Waals surface area contributed by atoms with Crippen molar-refractivity contribution in [3.05, 3.63) is 51.8 Å². The van der Waals surface area contributed by atoms with E-state index in [4.69, 9.17) is 0 Å². The van der Waals surface area contributed by atoms with Crippen molar-refractivity contribution in [2.24, 2.45) is 7.05 Å². The average molecular weight is 260 g/mol. The molecule has 0 aliphatic carbocycles. The molecule has 0 radical (unpaired) electrons. The quantitative estimate of drug-likeness (QED) is 0.662. The van der Waals surface area contributed by atoms with Gasteiger partial charge in [-0.1, -0.05) is 19.1 Å². The summed E-state index contributed by atoms with van der Waals surface area (Å²) in [7, 11) is 1.89. The predicted molar refractivity (Wildman–Crippen MR) is 73.0 cm³/mol. The first-order valence-corrected chi connectivity index (χ1v) is 6.10. The van der Waals surface area contributed by atoms with Crippen LogP contribution in [0.4, 0.5) is 11.4 Å². The number of aromatic nitrogens is 2. The van der Waals surface area contributed by atoms with Gasteiger partial charge in [0.2, 0.25) is 0 Å². The summed E-state index contributed by atoms with van der Waals surface area (Å²) >= 11 is 0. The van der Waals surface area contributed by atoms with Gasteiger partial charge < -0.3 is 5.32 Å². The number of anilines is 1. The Morgan fingerprint density at radius 2 is 2.05 bits per heavy atom. The van der Waals surface area contributed by atoms with Gasteiger partial charge in [-0.15, -0.1) is 0 Å². The molecule has 0 aliphatic heterocycles. The Morgan fingerprint density at radius 1 is 1.37 bits per heavy atom. The van der Waals surface area contributed by atoms with Crippen LogP contribution >= 0.6 is 0 Å². The van der Waals surface area contributed by atoms with Crippen molar-refractivity contribution in [1.82, 2.24) is 9.78 Å². The maximum absolute atomic E-state index is 10.6. The molecule has 100 valence electrons. The summed E-state index contributed by atoms with van der Waals surface area (Å²) in [6, 6.07) is 6.54. The summed E-state index contributed by atoms with van der Waals surface area (Å²) in [4.78, 5) is 10.2. The minimum Gasteiger partial charge on any atom is -0.378 e. The van der Waals surface area contributed by atoms with Crippen molar-refractivity contribution in [3.63, 3.8) is 0 Å². The van der Waals surface area contributed by atoms with E-state index < -0.39 is 4.92 Å². The molecule has 0 bridgehead atoms. The maximum Gasteiger partial charge on any atom is 0.269 e. The van der Waals surface area contributed by atoms with Crippen molar-refractivity contribution < 1.29 is 4.92 Å². The Kier molecular flexibility index (Phi) is 3.79. The topological polar surface area (TPSA) is 73.0 Å². The number of nitro benzene ring substituents is 1. The molecular weight excluding hydrogens is 244 g/mol. The van der Waals surface area contributed by atoms with Crippen LogP contribution in [0.25, 0.3) is 0 Å². The number of benzene rings is 1. The largest absolute Gasteiger partial charge is 0.378 e. The SMILES string of the molecule is CCc1nn(C)cc1NCc1ccc([N+](=O)[O-])cc1. The fourth-order valence-corrected chi connectivity index (χ4v) is 1.88. The number of hydrogen-bond acceptors (Lipinski definition) is 4. The third-order valence-corrected chi connectivity index (χ3v) is 2.87. The van der Waals surface area contributed by atoms with Crippen LogP contribution in [0.15, 0.2) is 30.5 Å². The van der Waals surface area contributed by atoms with Crippen LogP contribution in [0, 0.1) is 10.1 Å². The standard InChI is InChI=1S/C13H16N4O2/c1-3-12-13(9-16(2)15-12)14-8-10-4-6-11(7-5-10)17(18)19/h4-7,9,14H,3,8H2,1-2H3. The monoisotopic (exact) mass is 260 g/mol. The molecule has 0 fully saturated rings. The number of nitro groups is 1. The van der Waals surface area contributed by atoms with Gasteiger partial charge >= 0.3 is 0 Å². The van der Waals surface area contributed by atoms with Crippen LogP contribution in [0.1, 0.15) is 18.2 Å². The van der Waals surface area contributed by atoms with Gasteiger partial charge in [-0.2, -0.15) is 5.10 Å². The Hall–Kier alpha value is -2.37. The summed E-state index contributed by atoms with van der Waals surface area (Å²) in [6.45, 7) is 2.68. The lowest BCUT2D eigenvalue weighted by atomic mass is 10.2. The molecule has 0 spiro atoms. The molecule has 0 saturated carbocycles. The van der Waals surface area contributed by atoms with E-state index in [-0.39, 0.29) is 5.69 Å². The van der Waals surface area contributed by atoms with E-state index in [1.807, 2.05) is 13.2 Å². The molecule has 0 saturated heterocycles. The minimum absolute atomic E-state index is 0.111. The van der Waals surface area contributed by atoms with Crippen molar-refractivity contribution in [2.45, 2.75) is 19.9 Å². The zero-order valence-electron chi connectivity index (χ0n) is 11.0. The zero-order chi connectivity index (χ0) is 13.8. The third-order valence-electron chi connectivity index (χ3n) is 2.87. The first kappa shape index (κ1) is 13.1. The number of hydrogen-bond donors (Lipinski definition) is 1. The van der Waals surface area contributed by atoms with Crippen LogP contribution in [-0.4, -0.2) is 14.7 Å². The first-order chi connectivity index (χ1) is 9.10. The van der Waals surface area contributed by atoms with E-state index in [9.17, 15) is 10.1 Å². The summed E-state index contributed by atoms with van der Waals surface area (Å²) in [5.74, 6) is 0. The molecule has 6 heteroatoms. The molecule has 0 aliphatic rings. The zero-order valence-corrected chi connectivity index (χ0v) is 11.0. The fourth-order valence-electron chi connectivity index (χ4n) is 1.88. The highest BCUT2D eigenvalue weighted by Crippen LogP contribution is 2.16. The van der Waals surface area contributed by atoms with Crippen LogP contribution in [0.5, 0.6) is 0 Å². The van der Waals surface area contributed by atoms with Crippen molar-refractivity contribution in [3.8, 4) is 0 Å². The molecule has 1 aromatic heterocycles. The molecule has 2 aromatic rings. The molecule has 0 unspecified atom stereocenters. The molecular formula is C13H16N4O2. The summed E-state index contributed by atoms with van der Waals surface area (Å²) < 4.78 is 1.77. The van der Waals surface area contributed by atoms with E-state index in [1.165, 1.54) is 12.1 Å². The van der Waals surface area contributed by atoms with Gasteiger partial charge in [-0.25, -0.2) is 0 Å². The molecule has 6 nitrogen and oxygen atoms in total. The number of aryl methyl sites for hydroxylation is 2. The Bertz CT molecular complexity index is 575. The normalized spacial score (nSPS) is 10.4. The van der Waals surface area contributed by atoms with Gasteiger partial charge in [-0.3, -0.25) is 14.8 Å². The first-order valence-electron chi connectivity index (χ1n) is 6.10. The van der Waals surface area contributed by atoms with Crippen LogP contribution in [-0.2, 0) is 20.0 Å². The molecule has 1 aromatic carbocycles. The van der Waals surface area contributed by atoms with Crippen molar-refractivity contribution >= 4 is 11.4 Å². The van der Waals surface area contributed by atoms with Gasteiger partial charge in [-0.05, 0) is 12.0 Å². The molecule has 1 heterocycles. The van der Waals surface area contributed by atoms with E-state index in [2.05, 4.69) is 17.3 Å². The van der Waals surface area contributed by atoms with Crippen LogP contribution < -0.4 is 5.32 Å². The Balaban J connectivity index is 2.03. The third kappa shape index (κ3) is 3.09. The molecule has 19 heavy (non-hydrogen) atoms. The summed E-state index contributed by atoms with van der Waals surface area (Å²) in [5, 5.41) is 18.2. The number of nitrogens with zero attached hydrogens (tertiary/aromatic N) is 3. The highest BCUT2D eigenvalue weighted by atomic mass is 16.6. The van der Waals surface area contributed by atoms with Crippen LogP contribution in [0.2, 0.25) is 0 Å². The van der Waals surface area contributed by atoms with E-state index in [1.54, 1.807) is 16.8 Å². The van der Waals surface area contributed by atoms with Gasteiger partial charge in [0.15, 0.2) is 0 Å². The number of nitrogens with one attached hydrogen (secondary N) is 1. The van der Waals surface area contributed by atoms with Crippen LogP contribution in [0.3, 0.4) is 0 Å². The molecule has 0 atom stereocenters. The Morgan fingerprint density at radius 3 is 2.63 bits per heavy atom. The lowest BCUT2D eigenvalue weighted by molar-refractivity contribution is -0.384. The average Bonchev–Trinajstić information content (AvgIpc) is 2.77. The van der Waals surface area contributed by atoms with Gasteiger partial charge in [0.1, 0.15) is 0 Å². The van der Waals surface area contributed by atoms with Gasteiger partial charge in [0, 0.05) is 31.9 Å². The lowest BCUT2D eigenvalue weighted by Gasteiger charge is -2.05. The van der Waals surface area contributed by atoms with Crippen molar-refractivity contribution in [1.29, 1.82) is 0 Å². The van der Waals surface area contributed by atoms with E-state index in [0.29, 0.717) is 6.54 Å². The minimum atomic E-state index is -0.395. The maximum atomic E-state index is 10.6. The Labute approximate surface area is 111 Å². The second-order valence-electron chi connectivity index (χ2n) is 4.29. The highest BCUT2D eigenvalue weighted by Gasteiger charge is 2.06. The smallest absolute Gasteiger partial charge is 0.269 e. The second kappa shape index (κ2) is 5.51. The number of non-ortho nitro benzene ring substituents is 1. The van der Waals surface area contributed by atoms with Crippen molar-refractivity contribution in [2.75, 3.05) is 5.32 Å². The van der Waals surface area contributed by atoms with E-state index >= 15 is 0 Å². The summed E-state index contributed by atoms with van der Waals surface area (Å²) in [6.07, 6.45) is 2.80. The molecule has 1 N–H and O–H groups in total. The fraction of sp³-hybridized carbons (Fsp3) is 0.308. The molecule has 2 rings (SSSR count). The molecule has 0 amide bonds.